The summed E-state index contributed by atoms with van der Waals surface area (Å²) < 4.78 is 0. The van der Waals surface area contributed by atoms with Crippen LogP contribution in [0.15, 0.2) is 24.3 Å². The minimum Gasteiger partial charge on any atom is -0.481 e. The molecule has 2 rings (SSSR count). The van der Waals surface area contributed by atoms with E-state index in [1.165, 1.54) is 12.1 Å². The lowest BCUT2D eigenvalue weighted by Crippen LogP contribution is -2.44. The molecule has 1 aliphatic rings. The van der Waals surface area contributed by atoms with Crippen molar-refractivity contribution in [3.05, 3.63) is 39.9 Å². The van der Waals surface area contributed by atoms with Crippen LogP contribution in [0.5, 0.6) is 0 Å². The Hall–Kier alpha value is -2.64. The van der Waals surface area contributed by atoms with E-state index in [0.29, 0.717) is 32.2 Å². The average Bonchev–Trinajstić information content (AvgIpc) is 2.62. The maximum atomic E-state index is 11.9. The summed E-state index contributed by atoms with van der Waals surface area (Å²) in [6.07, 6.45) is 5.11. The van der Waals surface area contributed by atoms with Crippen LogP contribution < -0.4 is 10.6 Å². The van der Waals surface area contributed by atoms with Gasteiger partial charge in [0, 0.05) is 24.7 Å². The topological polar surface area (TPSA) is 122 Å². The number of carbonyl (C=O) groups is 2. The van der Waals surface area contributed by atoms with Crippen molar-refractivity contribution in [2.45, 2.75) is 51.0 Å². The van der Waals surface area contributed by atoms with Crippen molar-refractivity contribution in [3.63, 3.8) is 0 Å². The number of hydrogen-bond acceptors (Lipinski definition) is 4. The molecule has 1 aliphatic carbocycles. The van der Waals surface area contributed by atoms with E-state index in [0.717, 1.165) is 24.8 Å². The van der Waals surface area contributed by atoms with E-state index < -0.39 is 10.9 Å². The molecule has 2 amide bonds. The lowest BCUT2D eigenvalue weighted by Gasteiger charge is -2.26. The van der Waals surface area contributed by atoms with Crippen molar-refractivity contribution in [1.82, 2.24) is 10.6 Å². The third kappa shape index (κ3) is 6.34. The first kappa shape index (κ1) is 19.7. The summed E-state index contributed by atoms with van der Waals surface area (Å²) in [5, 5.41) is 25.3. The van der Waals surface area contributed by atoms with Gasteiger partial charge < -0.3 is 15.7 Å². The van der Waals surface area contributed by atoms with Gasteiger partial charge in [-0.2, -0.15) is 0 Å². The summed E-state index contributed by atoms with van der Waals surface area (Å²) >= 11 is 0. The van der Waals surface area contributed by atoms with E-state index in [4.69, 9.17) is 5.11 Å². The lowest BCUT2D eigenvalue weighted by molar-refractivity contribution is -0.384. The Morgan fingerprint density at radius 2 is 1.77 bits per heavy atom. The van der Waals surface area contributed by atoms with Crippen LogP contribution in [0.4, 0.5) is 10.5 Å². The number of aliphatic carboxylic acids is 1. The Bertz CT molecular complexity index is 624. The fraction of sp³-hybridized carbons (Fsp3) is 0.556. The van der Waals surface area contributed by atoms with Crippen LogP contribution in [-0.4, -0.2) is 34.6 Å². The molecular formula is C18H25N3O5. The number of nitrogens with zero attached hydrogens (tertiary/aromatic N) is 1. The Labute approximate surface area is 152 Å². The van der Waals surface area contributed by atoms with Gasteiger partial charge in [0.05, 0.1) is 10.8 Å². The Morgan fingerprint density at radius 1 is 1.12 bits per heavy atom. The van der Waals surface area contributed by atoms with Gasteiger partial charge in [0.1, 0.15) is 0 Å². The molecule has 1 fully saturated rings. The van der Waals surface area contributed by atoms with E-state index >= 15 is 0 Å². The maximum absolute atomic E-state index is 11.9. The zero-order valence-corrected chi connectivity index (χ0v) is 14.6. The number of urea groups is 1. The molecule has 8 nitrogen and oxygen atoms in total. The standard InChI is InChI=1S/C18H25N3O5/c22-17(23)14-6-8-15(9-7-14)20-18(24)19-12-2-1-3-13-4-10-16(11-5-13)21(25)26/h4-5,10-11,14-15H,1-3,6-9,12H2,(H,22,23)(H2,19,20,24). The maximum Gasteiger partial charge on any atom is 0.315 e. The van der Waals surface area contributed by atoms with Gasteiger partial charge in [0.25, 0.3) is 5.69 Å². The van der Waals surface area contributed by atoms with Crippen LogP contribution in [0, 0.1) is 16.0 Å². The predicted octanol–water partition coefficient (Wildman–Crippen LogP) is 2.86. The quantitative estimate of drug-likeness (QED) is 0.372. The molecule has 0 spiro atoms. The molecule has 0 atom stereocenters. The minimum absolute atomic E-state index is 0.0470. The second kappa shape index (κ2) is 9.74. The minimum atomic E-state index is -0.749. The smallest absolute Gasteiger partial charge is 0.315 e. The number of benzene rings is 1. The lowest BCUT2D eigenvalue weighted by atomic mass is 9.86. The molecule has 1 aromatic carbocycles. The third-order valence-electron chi connectivity index (χ3n) is 4.74. The van der Waals surface area contributed by atoms with Gasteiger partial charge in [-0.1, -0.05) is 12.1 Å². The molecule has 0 aliphatic heterocycles. The molecule has 0 aromatic heterocycles. The van der Waals surface area contributed by atoms with Crippen LogP contribution in [0.3, 0.4) is 0 Å². The highest BCUT2D eigenvalue weighted by Crippen LogP contribution is 2.24. The molecule has 0 unspecified atom stereocenters. The molecule has 8 heteroatoms. The van der Waals surface area contributed by atoms with Crippen molar-refractivity contribution in [1.29, 1.82) is 0 Å². The van der Waals surface area contributed by atoms with Gasteiger partial charge in [0.15, 0.2) is 0 Å². The number of carboxylic acid groups (broad SMARTS) is 1. The first-order valence-electron chi connectivity index (χ1n) is 8.96. The van der Waals surface area contributed by atoms with Crippen molar-refractivity contribution >= 4 is 17.7 Å². The van der Waals surface area contributed by atoms with Crippen molar-refractivity contribution in [3.8, 4) is 0 Å². The molecule has 0 radical (unpaired) electrons. The van der Waals surface area contributed by atoms with E-state index in [2.05, 4.69) is 10.6 Å². The number of nitro benzene ring substituents is 1. The monoisotopic (exact) mass is 363 g/mol. The summed E-state index contributed by atoms with van der Waals surface area (Å²) in [4.78, 5) is 32.9. The first-order valence-corrected chi connectivity index (χ1v) is 8.96. The number of amides is 2. The summed E-state index contributed by atoms with van der Waals surface area (Å²) in [5.41, 5.74) is 1.12. The van der Waals surface area contributed by atoms with Gasteiger partial charge in [-0.3, -0.25) is 14.9 Å². The van der Waals surface area contributed by atoms with Crippen LogP contribution in [0.1, 0.15) is 44.1 Å². The van der Waals surface area contributed by atoms with E-state index in [1.54, 1.807) is 12.1 Å². The summed E-state index contributed by atoms with van der Waals surface area (Å²) in [6.45, 7) is 0.559. The van der Waals surface area contributed by atoms with Gasteiger partial charge in [0.2, 0.25) is 0 Å². The number of hydrogen-bond donors (Lipinski definition) is 3. The largest absolute Gasteiger partial charge is 0.481 e. The number of aryl methyl sites for hydroxylation is 1. The second-order valence-corrected chi connectivity index (χ2v) is 6.67. The van der Waals surface area contributed by atoms with Gasteiger partial charge in [-0.15, -0.1) is 0 Å². The first-order chi connectivity index (χ1) is 12.5. The van der Waals surface area contributed by atoms with E-state index in [9.17, 15) is 19.7 Å². The second-order valence-electron chi connectivity index (χ2n) is 6.67. The van der Waals surface area contributed by atoms with Crippen molar-refractivity contribution in [2.75, 3.05) is 6.54 Å². The Kier molecular flexibility index (Phi) is 7.37. The van der Waals surface area contributed by atoms with Crippen LogP contribution >= 0.6 is 0 Å². The fourth-order valence-corrected chi connectivity index (χ4v) is 3.16. The number of nitrogens with one attached hydrogen (secondary N) is 2. The molecule has 1 aromatic rings. The van der Waals surface area contributed by atoms with E-state index in [1.807, 2.05) is 0 Å². The van der Waals surface area contributed by atoms with Gasteiger partial charge >= 0.3 is 12.0 Å². The third-order valence-corrected chi connectivity index (χ3v) is 4.74. The van der Waals surface area contributed by atoms with Gasteiger partial charge in [-0.05, 0) is 50.5 Å². The average molecular weight is 363 g/mol. The molecule has 26 heavy (non-hydrogen) atoms. The number of unbranched alkanes of at least 4 members (excludes halogenated alkanes) is 1. The molecule has 142 valence electrons. The Morgan fingerprint density at radius 3 is 2.35 bits per heavy atom. The molecule has 0 saturated heterocycles. The highest BCUT2D eigenvalue weighted by atomic mass is 16.6. The zero-order valence-electron chi connectivity index (χ0n) is 14.6. The number of carboxylic acids is 1. The fourth-order valence-electron chi connectivity index (χ4n) is 3.16. The number of carbonyl (C=O) groups excluding carboxylic acids is 1. The number of rotatable bonds is 8. The Balaban J connectivity index is 1.56. The van der Waals surface area contributed by atoms with E-state index in [-0.39, 0.29) is 23.7 Å². The molecular weight excluding hydrogens is 338 g/mol. The van der Waals surface area contributed by atoms with Crippen molar-refractivity contribution < 1.29 is 19.6 Å². The predicted molar refractivity (Wildman–Crippen MR) is 96.0 cm³/mol. The summed E-state index contributed by atoms with van der Waals surface area (Å²) in [7, 11) is 0. The normalized spacial score (nSPS) is 19.5. The molecule has 1 saturated carbocycles. The van der Waals surface area contributed by atoms with Crippen LogP contribution in [-0.2, 0) is 11.2 Å². The van der Waals surface area contributed by atoms with Crippen LogP contribution in [0.2, 0.25) is 0 Å². The zero-order chi connectivity index (χ0) is 18.9. The highest BCUT2D eigenvalue weighted by Gasteiger charge is 2.26. The number of nitro groups is 1. The number of non-ortho nitro benzene ring substituents is 1. The van der Waals surface area contributed by atoms with Crippen molar-refractivity contribution in [2.24, 2.45) is 5.92 Å². The summed E-state index contributed by atoms with van der Waals surface area (Å²) in [6, 6.07) is 6.35. The SMILES string of the molecule is O=C(NCCCCc1ccc([N+](=O)[O-])cc1)NC1CCC(C(=O)O)CC1. The van der Waals surface area contributed by atoms with Crippen LogP contribution in [0.25, 0.3) is 0 Å². The molecule has 0 bridgehead atoms. The molecule has 3 N–H and O–H groups in total. The molecule has 0 heterocycles. The summed E-state index contributed by atoms with van der Waals surface area (Å²) in [5.74, 6) is -1.03. The highest BCUT2D eigenvalue weighted by molar-refractivity contribution is 5.74. The van der Waals surface area contributed by atoms with Gasteiger partial charge in [-0.25, -0.2) is 4.79 Å².